The smallest absolute Gasteiger partial charge is 0.308 e. The Hall–Kier alpha value is -3.48. The molecule has 1 N–H and O–H groups in total. The van der Waals surface area contributed by atoms with Gasteiger partial charge in [-0.2, -0.15) is 0 Å². The van der Waals surface area contributed by atoms with Gasteiger partial charge in [-0.3, -0.25) is 9.59 Å². The lowest BCUT2D eigenvalue weighted by Gasteiger charge is -2.12. The van der Waals surface area contributed by atoms with E-state index in [0.29, 0.717) is 23.7 Å². The number of anilines is 1. The third-order valence-electron chi connectivity index (χ3n) is 4.28. The van der Waals surface area contributed by atoms with Gasteiger partial charge < -0.3 is 24.1 Å². The number of fused-ring (bicyclic) bond motifs is 1. The summed E-state index contributed by atoms with van der Waals surface area (Å²) >= 11 is 0. The minimum Gasteiger partial charge on any atom is -0.497 e. The molecule has 0 radical (unpaired) electrons. The van der Waals surface area contributed by atoms with Gasteiger partial charge in [0, 0.05) is 24.3 Å². The first-order chi connectivity index (χ1) is 13.6. The van der Waals surface area contributed by atoms with Crippen molar-refractivity contribution in [1.29, 1.82) is 0 Å². The molecule has 1 heterocycles. The second kappa shape index (κ2) is 8.94. The molecule has 0 fully saturated rings. The van der Waals surface area contributed by atoms with E-state index in [1.165, 1.54) is 14.2 Å². The number of aromatic nitrogens is 1. The molecule has 0 atom stereocenters. The molecule has 0 saturated heterocycles. The van der Waals surface area contributed by atoms with Gasteiger partial charge in [-0.05, 0) is 29.7 Å². The fraction of sp³-hybridized carbons (Fsp3) is 0.238. The first-order valence-corrected chi connectivity index (χ1v) is 8.82. The molecule has 0 aliphatic heterocycles. The summed E-state index contributed by atoms with van der Waals surface area (Å²) in [5, 5.41) is 3.77. The van der Waals surface area contributed by atoms with E-state index in [2.05, 4.69) is 5.32 Å². The minimum absolute atomic E-state index is 0.175. The Bertz CT molecular complexity index is 980. The lowest BCUT2D eigenvalue weighted by molar-refractivity contribution is -0.147. The fourth-order valence-corrected chi connectivity index (χ4v) is 2.86. The first-order valence-electron chi connectivity index (χ1n) is 8.82. The maximum Gasteiger partial charge on any atom is 0.308 e. The monoisotopic (exact) mass is 382 g/mol. The van der Waals surface area contributed by atoms with E-state index >= 15 is 0 Å². The van der Waals surface area contributed by atoms with Crippen LogP contribution in [0.15, 0.2) is 54.7 Å². The molecule has 3 rings (SSSR count). The summed E-state index contributed by atoms with van der Waals surface area (Å²) in [5.41, 5.74) is 1.50. The average molecular weight is 382 g/mol. The van der Waals surface area contributed by atoms with Crippen molar-refractivity contribution in [1.82, 2.24) is 4.57 Å². The molecule has 28 heavy (non-hydrogen) atoms. The molecule has 3 aromatic rings. The Kier molecular flexibility index (Phi) is 6.16. The molecule has 146 valence electrons. The Morgan fingerprint density at radius 2 is 1.86 bits per heavy atom. The molecule has 0 saturated carbocycles. The molecule has 0 bridgehead atoms. The Morgan fingerprint density at radius 3 is 2.64 bits per heavy atom. The molecule has 0 spiro atoms. The Balaban J connectivity index is 1.50. The number of ether oxygens (including phenoxy) is 3. The van der Waals surface area contributed by atoms with Crippen molar-refractivity contribution in [2.24, 2.45) is 0 Å². The van der Waals surface area contributed by atoms with Crippen LogP contribution in [0.5, 0.6) is 11.5 Å². The number of hydrogen-bond acceptors (Lipinski definition) is 5. The molecule has 1 amide bonds. The van der Waals surface area contributed by atoms with E-state index in [0.717, 1.165) is 10.9 Å². The zero-order valence-electron chi connectivity index (χ0n) is 15.8. The highest BCUT2D eigenvalue weighted by Crippen LogP contribution is 2.28. The fourth-order valence-electron chi connectivity index (χ4n) is 2.86. The van der Waals surface area contributed by atoms with Crippen LogP contribution in [0.4, 0.5) is 5.69 Å². The van der Waals surface area contributed by atoms with Crippen LogP contribution in [-0.2, 0) is 20.9 Å². The lowest BCUT2D eigenvalue weighted by atomic mass is 10.2. The van der Waals surface area contributed by atoms with Crippen LogP contribution in [0.2, 0.25) is 0 Å². The third kappa shape index (κ3) is 4.62. The second-order valence-electron chi connectivity index (χ2n) is 6.09. The SMILES string of the molecule is COc1ccc(OC)c(NC(=O)COC(=O)CCn2ccc3ccccc32)c1. The van der Waals surface area contributed by atoms with Crippen molar-refractivity contribution in [3.63, 3.8) is 0 Å². The summed E-state index contributed by atoms with van der Waals surface area (Å²) in [5.74, 6) is 0.170. The van der Waals surface area contributed by atoms with Gasteiger partial charge in [0.25, 0.3) is 5.91 Å². The van der Waals surface area contributed by atoms with Gasteiger partial charge in [0.2, 0.25) is 0 Å². The maximum atomic E-state index is 12.1. The summed E-state index contributed by atoms with van der Waals surface area (Å²) in [4.78, 5) is 24.1. The van der Waals surface area contributed by atoms with E-state index in [1.54, 1.807) is 18.2 Å². The number of benzene rings is 2. The summed E-state index contributed by atoms with van der Waals surface area (Å²) in [6.07, 6.45) is 2.11. The number of methoxy groups -OCH3 is 2. The van der Waals surface area contributed by atoms with Crippen LogP contribution in [0, 0.1) is 0 Å². The van der Waals surface area contributed by atoms with Gasteiger partial charge in [0.1, 0.15) is 11.5 Å². The number of amides is 1. The molecule has 0 unspecified atom stereocenters. The van der Waals surface area contributed by atoms with E-state index < -0.39 is 11.9 Å². The number of carbonyl (C=O) groups excluding carboxylic acids is 2. The van der Waals surface area contributed by atoms with Gasteiger partial charge in [-0.1, -0.05) is 18.2 Å². The number of esters is 1. The molecular formula is C21H22N2O5. The van der Waals surface area contributed by atoms with Crippen molar-refractivity contribution < 1.29 is 23.8 Å². The van der Waals surface area contributed by atoms with Crippen LogP contribution in [-0.4, -0.2) is 37.3 Å². The van der Waals surface area contributed by atoms with Crippen molar-refractivity contribution in [3.8, 4) is 11.5 Å². The van der Waals surface area contributed by atoms with Crippen LogP contribution in [0.25, 0.3) is 10.9 Å². The molecule has 7 nitrogen and oxygen atoms in total. The van der Waals surface area contributed by atoms with Gasteiger partial charge in [-0.25, -0.2) is 0 Å². The topological polar surface area (TPSA) is 78.8 Å². The number of hydrogen-bond donors (Lipinski definition) is 1. The van der Waals surface area contributed by atoms with Crippen LogP contribution in [0.3, 0.4) is 0 Å². The van der Waals surface area contributed by atoms with Gasteiger partial charge in [-0.15, -0.1) is 0 Å². The van der Waals surface area contributed by atoms with Crippen LogP contribution < -0.4 is 14.8 Å². The highest BCUT2D eigenvalue weighted by Gasteiger charge is 2.12. The number of nitrogens with zero attached hydrogens (tertiary/aromatic N) is 1. The summed E-state index contributed by atoms with van der Waals surface area (Å²) in [6.45, 7) is 0.114. The quantitative estimate of drug-likeness (QED) is 0.605. The van der Waals surface area contributed by atoms with Gasteiger partial charge in [0.15, 0.2) is 6.61 Å². The normalized spacial score (nSPS) is 10.5. The molecule has 2 aromatic carbocycles. The number of para-hydroxylation sites is 1. The molecule has 1 aromatic heterocycles. The molecule has 7 heteroatoms. The average Bonchev–Trinajstić information content (AvgIpc) is 3.13. The van der Waals surface area contributed by atoms with Crippen LogP contribution in [0.1, 0.15) is 6.42 Å². The minimum atomic E-state index is -0.452. The molecular weight excluding hydrogens is 360 g/mol. The summed E-state index contributed by atoms with van der Waals surface area (Å²) in [6, 6.07) is 15.0. The highest BCUT2D eigenvalue weighted by molar-refractivity contribution is 5.94. The lowest BCUT2D eigenvalue weighted by Crippen LogP contribution is -2.21. The number of rotatable bonds is 8. The first kappa shape index (κ1) is 19.3. The third-order valence-corrected chi connectivity index (χ3v) is 4.28. The van der Waals surface area contributed by atoms with Crippen molar-refractivity contribution in [2.45, 2.75) is 13.0 Å². The second-order valence-corrected chi connectivity index (χ2v) is 6.09. The largest absolute Gasteiger partial charge is 0.497 e. The highest BCUT2D eigenvalue weighted by atomic mass is 16.5. The molecule has 0 aliphatic carbocycles. The van der Waals surface area contributed by atoms with Crippen molar-refractivity contribution in [2.75, 3.05) is 26.1 Å². The Labute approximate surface area is 162 Å². The predicted octanol–water partition coefficient (Wildman–Crippen LogP) is 3.23. The van der Waals surface area contributed by atoms with Crippen LogP contribution >= 0.6 is 0 Å². The standard InChI is InChI=1S/C21H22N2O5/c1-26-16-7-8-19(27-2)17(13-16)22-20(24)14-28-21(25)10-12-23-11-9-15-5-3-4-6-18(15)23/h3-9,11,13H,10,12,14H2,1-2H3,(H,22,24). The van der Waals surface area contributed by atoms with Crippen molar-refractivity contribution >= 4 is 28.5 Å². The number of carbonyl (C=O) groups is 2. The molecule has 0 aliphatic rings. The predicted molar refractivity (Wildman–Crippen MR) is 106 cm³/mol. The van der Waals surface area contributed by atoms with E-state index in [1.807, 2.05) is 41.1 Å². The van der Waals surface area contributed by atoms with E-state index in [9.17, 15) is 9.59 Å². The zero-order valence-corrected chi connectivity index (χ0v) is 15.8. The summed E-state index contributed by atoms with van der Waals surface area (Å²) in [7, 11) is 3.03. The van der Waals surface area contributed by atoms with Gasteiger partial charge in [0.05, 0.1) is 26.3 Å². The summed E-state index contributed by atoms with van der Waals surface area (Å²) < 4.78 is 17.4. The van der Waals surface area contributed by atoms with E-state index in [-0.39, 0.29) is 13.0 Å². The maximum absolute atomic E-state index is 12.1. The zero-order chi connectivity index (χ0) is 19.9. The number of aryl methyl sites for hydroxylation is 1. The number of nitrogens with one attached hydrogen (secondary N) is 1. The van der Waals surface area contributed by atoms with Gasteiger partial charge >= 0.3 is 5.97 Å². The van der Waals surface area contributed by atoms with Crippen molar-refractivity contribution in [3.05, 3.63) is 54.7 Å². The van der Waals surface area contributed by atoms with E-state index in [4.69, 9.17) is 14.2 Å². The Morgan fingerprint density at radius 1 is 1.04 bits per heavy atom.